The van der Waals surface area contributed by atoms with E-state index >= 15 is 0 Å². The fourth-order valence-corrected chi connectivity index (χ4v) is 5.12. The molecule has 0 saturated carbocycles. The summed E-state index contributed by atoms with van der Waals surface area (Å²) in [7, 11) is -2.01. The highest BCUT2D eigenvalue weighted by Crippen LogP contribution is 2.21. The van der Waals surface area contributed by atoms with Gasteiger partial charge in [0.25, 0.3) is 0 Å². The van der Waals surface area contributed by atoms with Gasteiger partial charge in [-0.3, -0.25) is 9.69 Å². The van der Waals surface area contributed by atoms with Gasteiger partial charge in [0.1, 0.15) is 5.75 Å². The van der Waals surface area contributed by atoms with E-state index in [-0.39, 0.29) is 22.8 Å². The molecule has 31 heavy (non-hydrogen) atoms. The van der Waals surface area contributed by atoms with E-state index in [1.807, 2.05) is 30.0 Å². The molecule has 7 nitrogen and oxygen atoms in total. The molecule has 1 N–H and O–H groups in total. The van der Waals surface area contributed by atoms with Crippen LogP contribution in [-0.4, -0.2) is 69.4 Å². The number of ether oxygens (including phenoxy) is 1. The van der Waals surface area contributed by atoms with Crippen LogP contribution in [0.2, 0.25) is 0 Å². The van der Waals surface area contributed by atoms with Gasteiger partial charge in [0.05, 0.1) is 18.0 Å². The molecule has 1 aliphatic heterocycles. The molecule has 1 amide bonds. The van der Waals surface area contributed by atoms with Crippen LogP contribution in [0.1, 0.15) is 25.3 Å². The summed E-state index contributed by atoms with van der Waals surface area (Å²) in [6, 6.07) is 16.2. The van der Waals surface area contributed by atoms with Crippen molar-refractivity contribution in [3.8, 4) is 5.75 Å². The first kappa shape index (κ1) is 23.2. The molecule has 1 saturated heterocycles. The Kier molecular flexibility index (Phi) is 7.69. The van der Waals surface area contributed by atoms with E-state index in [2.05, 4.69) is 24.4 Å². The monoisotopic (exact) mass is 445 g/mol. The molecule has 1 aliphatic rings. The molecule has 3 rings (SSSR count). The molecule has 0 bridgehead atoms. The molecule has 2 aromatic rings. The van der Waals surface area contributed by atoms with Crippen molar-refractivity contribution in [1.29, 1.82) is 0 Å². The number of hydrogen-bond acceptors (Lipinski definition) is 5. The van der Waals surface area contributed by atoms with Gasteiger partial charge in [0, 0.05) is 32.7 Å². The van der Waals surface area contributed by atoms with Crippen LogP contribution in [0.4, 0.5) is 0 Å². The number of piperazine rings is 1. The molecule has 168 valence electrons. The lowest BCUT2D eigenvalue weighted by molar-refractivity contribution is -0.126. The average Bonchev–Trinajstić information content (AvgIpc) is 2.82. The third-order valence-corrected chi connectivity index (χ3v) is 7.76. The van der Waals surface area contributed by atoms with Gasteiger partial charge in [-0.2, -0.15) is 4.31 Å². The third kappa shape index (κ3) is 5.64. The minimum absolute atomic E-state index is 0.0331. The van der Waals surface area contributed by atoms with E-state index in [1.54, 1.807) is 31.4 Å². The first-order valence-electron chi connectivity index (χ1n) is 10.5. The third-order valence-electron chi connectivity index (χ3n) is 5.85. The van der Waals surface area contributed by atoms with Gasteiger partial charge in [-0.25, -0.2) is 8.42 Å². The zero-order valence-corrected chi connectivity index (χ0v) is 19.1. The Morgan fingerprint density at radius 3 is 2.19 bits per heavy atom. The van der Waals surface area contributed by atoms with Crippen LogP contribution >= 0.6 is 0 Å². The van der Waals surface area contributed by atoms with Crippen LogP contribution in [0.25, 0.3) is 0 Å². The second-order valence-electron chi connectivity index (χ2n) is 7.85. The second-order valence-corrected chi connectivity index (χ2v) is 9.79. The van der Waals surface area contributed by atoms with Crippen LogP contribution in [0.5, 0.6) is 5.75 Å². The topological polar surface area (TPSA) is 79.0 Å². The Morgan fingerprint density at radius 1 is 1.00 bits per heavy atom. The highest BCUT2D eigenvalue weighted by atomic mass is 32.2. The van der Waals surface area contributed by atoms with Crippen molar-refractivity contribution in [2.24, 2.45) is 0 Å². The number of nitrogens with zero attached hydrogens (tertiary/aromatic N) is 2. The van der Waals surface area contributed by atoms with E-state index in [9.17, 15) is 13.2 Å². The molecule has 0 aliphatic carbocycles. The summed E-state index contributed by atoms with van der Waals surface area (Å²) in [5.74, 6) is 0.809. The Morgan fingerprint density at radius 2 is 1.61 bits per heavy atom. The van der Waals surface area contributed by atoms with Crippen molar-refractivity contribution in [2.75, 3.05) is 39.8 Å². The summed E-state index contributed by atoms with van der Waals surface area (Å²) in [4.78, 5) is 14.9. The summed E-state index contributed by atoms with van der Waals surface area (Å²) in [5, 5.41) is 3.03. The number of benzene rings is 2. The van der Waals surface area contributed by atoms with Gasteiger partial charge in [-0.15, -0.1) is 0 Å². The van der Waals surface area contributed by atoms with E-state index in [4.69, 9.17) is 4.74 Å². The lowest BCUT2D eigenvalue weighted by Crippen LogP contribution is -2.55. The van der Waals surface area contributed by atoms with Gasteiger partial charge < -0.3 is 10.1 Å². The fourth-order valence-electron chi connectivity index (χ4n) is 3.69. The molecule has 0 aromatic heterocycles. The molecule has 0 spiro atoms. The maximum atomic E-state index is 12.9. The molecule has 1 heterocycles. The summed E-state index contributed by atoms with van der Waals surface area (Å²) in [6.07, 6.45) is 0. The van der Waals surface area contributed by atoms with Crippen molar-refractivity contribution >= 4 is 15.9 Å². The highest BCUT2D eigenvalue weighted by molar-refractivity contribution is 7.89. The van der Waals surface area contributed by atoms with Crippen molar-refractivity contribution in [3.63, 3.8) is 0 Å². The molecular weight excluding hydrogens is 414 g/mol. The highest BCUT2D eigenvalue weighted by Gasteiger charge is 2.31. The molecule has 1 fully saturated rings. The van der Waals surface area contributed by atoms with Gasteiger partial charge in [0.2, 0.25) is 15.9 Å². The Bertz CT molecular complexity index is 956. The smallest absolute Gasteiger partial charge is 0.243 e. The first-order valence-corrected chi connectivity index (χ1v) is 12.0. The number of amides is 1. The Labute approximate surface area is 185 Å². The van der Waals surface area contributed by atoms with Crippen LogP contribution in [0.15, 0.2) is 59.5 Å². The minimum atomic E-state index is -3.56. The molecule has 2 aromatic carbocycles. The summed E-state index contributed by atoms with van der Waals surface area (Å²) < 4.78 is 32.4. The molecule has 8 heteroatoms. The summed E-state index contributed by atoms with van der Waals surface area (Å²) >= 11 is 0. The van der Waals surface area contributed by atoms with Crippen LogP contribution in [-0.2, 0) is 14.8 Å². The zero-order valence-electron chi connectivity index (χ0n) is 18.3. The van der Waals surface area contributed by atoms with E-state index in [0.29, 0.717) is 38.5 Å². The van der Waals surface area contributed by atoms with Crippen molar-refractivity contribution in [3.05, 3.63) is 60.2 Å². The number of carbonyl (C=O) groups is 1. The lowest BCUT2D eigenvalue weighted by Gasteiger charge is -2.36. The van der Waals surface area contributed by atoms with Crippen LogP contribution in [0, 0.1) is 0 Å². The Hall–Kier alpha value is -2.42. The van der Waals surface area contributed by atoms with Gasteiger partial charge in [-0.1, -0.05) is 37.3 Å². The van der Waals surface area contributed by atoms with Gasteiger partial charge >= 0.3 is 0 Å². The number of nitrogens with one attached hydrogen (secondary N) is 1. The van der Waals surface area contributed by atoms with Gasteiger partial charge in [0.15, 0.2) is 0 Å². The van der Waals surface area contributed by atoms with Crippen molar-refractivity contribution < 1.29 is 17.9 Å². The Balaban J connectivity index is 1.51. The molecule has 2 atom stereocenters. The van der Waals surface area contributed by atoms with Crippen molar-refractivity contribution in [1.82, 2.24) is 14.5 Å². The standard InChI is InChI=1S/C23H31N3O4S/c1-18(20-7-5-4-6-8-20)17-24-23(27)19(2)25-13-15-26(16-14-25)31(28,29)22-11-9-21(30-3)10-12-22/h4-12,18-19H,13-17H2,1-3H3,(H,24,27)/t18-,19-/m0/s1. The molecular formula is C23H31N3O4S. The van der Waals surface area contributed by atoms with Crippen LogP contribution in [0.3, 0.4) is 0 Å². The van der Waals surface area contributed by atoms with Gasteiger partial charge in [-0.05, 0) is 42.7 Å². The number of methoxy groups -OCH3 is 1. The largest absolute Gasteiger partial charge is 0.497 e. The van der Waals surface area contributed by atoms with Crippen molar-refractivity contribution in [2.45, 2.75) is 30.7 Å². The SMILES string of the molecule is COc1ccc(S(=O)(=O)N2CCN([C@@H](C)C(=O)NC[C@H](C)c3ccccc3)CC2)cc1. The molecule has 0 radical (unpaired) electrons. The minimum Gasteiger partial charge on any atom is -0.497 e. The number of carbonyl (C=O) groups excluding carboxylic acids is 1. The first-order chi connectivity index (χ1) is 14.8. The zero-order chi connectivity index (χ0) is 22.4. The predicted octanol–water partition coefficient (Wildman–Crippen LogP) is 2.31. The lowest BCUT2D eigenvalue weighted by atomic mass is 10.0. The van der Waals surface area contributed by atoms with E-state index in [0.717, 1.165) is 0 Å². The summed E-state index contributed by atoms with van der Waals surface area (Å²) in [5.41, 5.74) is 1.19. The van der Waals surface area contributed by atoms with E-state index < -0.39 is 10.0 Å². The quantitative estimate of drug-likeness (QED) is 0.675. The average molecular weight is 446 g/mol. The number of rotatable bonds is 8. The summed E-state index contributed by atoms with van der Waals surface area (Å²) in [6.45, 7) is 6.26. The maximum absolute atomic E-state index is 12.9. The van der Waals surface area contributed by atoms with Crippen LogP contribution < -0.4 is 10.1 Å². The second kappa shape index (κ2) is 10.3. The predicted molar refractivity (Wildman–Crippen MR) is 121 cm³/mol. The normalized spacial score (nSPS) is 17.6. The number of sulfonamides is 1. The molecule has 0 unspecified atom stereocenters. The number of hydrogen-bond donors (Lipinski definition) is 1. The fraction of sp³-hybridized carbons (Fsp3) is 0.435. The maximum Gasteiger partial charge on any atom is 0.243 e. The van der Waals surface area contributed by atoms with E-state index in [1.165, 1.54) is 9.87 Å².